The predicted molar refractivity (Wildman–Crippen MR) is 87.3 cm³/mol. The van der Waals surface area contributed by atoms with Crippen LogP contribution < -0.4 is 5.32 Å². The predicted octanol–water partition coefficient (Wildman–Crippen LogP) is 0.303. The van der Waals surface area contributed by atoms with E-state index in [4.69, 9.17) is 0 Å². The maximum atomic E-state index is 12.6. The molecule has 0 spiro atoms. The largest absolute Gasteiger partial charge is 0.337 e. The van der Waals surface area contributed by atoms with Crippen LogP contribution in [-0.4, -0.2) is 67.8 Å². The van der Waals surface area contributed by atoms with Crippen molar-refractivity contribution in [1.29, 1.82) is 0 Å². The van der Waals surface area contributed by atoms with Gasteiger partial charge in [-0.2, -0.15) is 4.31 Å². The van der Waals surface area contributed by atoms with Crippen LogP contribution in [0.25, 0.3) is 0 Å². The van der Waals surface area contributed by atoms with Crippen LogP contribution in [0.15, 0.2) is 29.4 Å². The van der Waals surface area contributed by atoms with E-state index in [-0.39, 0.29) is 23.4 Å². The van der Waals surface area contributed by atoms with Crippen molar-refractivity contribution < 1.29 is 13.2 Å². The Morgan fingerprint density at radius 3 is 2.83 bits per heavy atom. The first-order valence-corrected chi connectivity index (χ1v) is 9.27. The average molecular weight is 340 g/mol. The number of hydrogen-bond acceptors (Lipinski definition) is 5. The lowest BCUT2D eigenvalue weighted by Crippen LogP contribution is -2.47. The van der Waals surface area contributed by atoms with Crippen LogP contribution in [-0.2, 0) is 14.8 Å². The molecule has 1 aliphatic rings. The van der Waals surface area contributed by atoms with Crippen molar-refractivity contribution in [3.05, 3.63) is 24.5 Å². The molecular weight excluding hydrogens is 316 g/mol. The number of rotatable bonds is 7. The van der Waals surface area contributed by atoms with Crippen LogP contribution in [0.5, 0.6) is 0 Å². The van der Waals surface area contributed by atoms with Gasteiger partial charge in [-0.05, 0) is 31.5 Å². The smallest absolute Gasteiger partial charge is 0.244 e. The van der Waals surface area contributed by atoms with Gasteiger partial charge in [-0.15, -0.1) is 0 Å². The van der Waals surface area contributed by atoms with Crippen LogP contribution in [0.2, 0.25) is 0 Å². The first-order chi connectivity index (χ1) is 11.0. The van der Waals surface area contributed by atoms with Gasteiger partial charge in [0.1, 0.15) is 4.90 Å². The highest BCUT2D eigenvalue weighted by Gasteiger charge is 2.29. The molecule has 0 aromatic carbocycles. The summed E-state index contributed by atoms with van der Waals surface area (Å²) >= 11 is 0. The molecule has 0 saturated carbocycles. The standard InChI is InChI=1S/C15H24N4O3S/c1-3-9-19(13-6-8-17-10-13)15(20)12-18(2)23(21,22)14-5-4-7-16-11-14/h4-5,7,11,13,17H,3,6,8-10,12H2,1-2H3. The van der Waals surface area contributed by atoms with Crippen molar-refractivity contribution in [3.63, 3.8) is 0 Å². The number of pyridine rings is 1. The van der Waals surface area contributed by atoms with Crippen LogP contribution >= 0.6 is 0 Å². The van der Waals surface area contributed by atoms with Gasteiger partial charge in [0.05, 0.1) is 6.54 Å². The van der Waals surface area contributed by atoms with Crippen molar-refractivity contribution in [2.24, 2.45) is 0 Å². The van der Waals surface area contributed by atoms with E-state index < -0.39 is 10.0 Å². The Bertz CT molecular complexity index is 615. The van der Waals surface area contributed by atoms with E-state index in [0.717, 1.165) is 30.2 Å². The fourth-order valence-electron chi connectivity index (χ4n) is 2.70. The molecule has 1 amide bonds. The molecule has 0 bridgehead atoms. The van der Waals surface area contributed by atoms with Crippen molar-refractivity contribution in [2.75, 3.05) is 33.2 Å². The highest BCUT2D eigenvalue weighted by molar-refractivity contribution is 7.89. The molecule has 1 fully saturated rings. The second kappa shape index (κ2) is 7.85. The fourth-order valence-corrected chi connectivity index (χ4v) is 3.79. The number of amides is 1. The van der Waals surface area contributed by atoms with Crippen molar-refractivity contribution in [3.8, 4) is 0 Å². The normalized spacial score (nSPS) is 18.3. The lowest BCUT2D eigenvalue weighted by molar-refractivity contribution is -0.133. The van der Waals surface area contributed by atoms with E-state index in [1.165, 1.54) is 25.5 Å². The molecule has 1 unspecified atom stereocenters. The molecule has 1 atom stereocenters. The Kier molecular flexibility index (Phi) is 6.09. The number of hydrogen-bond donors (Lipinski definition) is 1. The number of carbonyl (C=O) groups is 1. The highest BCUT2D eigenvalue weighted by atomic mass is 32.2. The first-order valence-electron chi connectivity index (χ1n) is 7.83. The third-order valence-corrected chi connectivity index (χ3v) is 5.75. The summed E-state index contributed by atoms with van der Waals surface area (Å²) in [5.74, 6) is -0.157. The number of carbonyl (C=O) groups excluding carboxylic acids is 1. The lowest BCUT2D eigenvalue weighted by Gasteiger charge is -2.30. The molecule has 1 saturated heterocycles. The van der Waals surface area contributed by atoms with Gasteiger partial charge in [0, 0.05) is 38.6 Å². The first kappa shape index (κ1) is 17.8. The Morgan fingerprint density at radius 1 is 1.48 bits per heavy atom. The summed E-state index contributed by atoms with van der Waals surface area (Å²) in [6.07, 6.45) is 4.56. The fraction of sp³-hybridized carbons (Fsp3) is 0.600. The quantitative estimate of drug-likeness (QED) is 0.772. The van der Waals surface area contributed by atoms with Crippen LogP contribution in [0.1, 0.15) is 19.8 Å². The molecule has 0 aliphatic carbocycles. The van der Waals surface area contributed by atoms with Gasteiger partial charge in [0.25, 0.3) is 0 Å². The monoisotopic (exact) mass is 340 g/mol. The molecule has 1 aromatic heterocycles. The number of nitrogens with one attached hydrogen (secondary N) is 1. The van der Waals surface area contributed by atoms with Gasteiger partial charge >= 0.3 is 0 Å². The molecule has 23 heavy (non-hydrogen) atoms. The summed E-state index contributed by atoms with van der Waals surface area (Å²) in [5, 5.41) is 3.24. The zero-order valence-corrected chi connectivity index (χ0v) is 14.4. The van der Waals surface area contributed by atoms with Gasteiger partial charge in [0.2, 0.25) is 15.9 Å². The minimum atomic E-state index is -3.70. The topological polar surface area (TPSA) is 82.6 Å². The summed E-state index contributed by atoms with van der Waals surface area (Å²) in [6.45, 7) is 4.16. The van der Waals surface area contributed by atoms with Crippen molar-refractivity contribution in [2.45, 2.75) is 30.7 Å². The third-order valence-electron chi connectivity index (χ3n) is 3.96. The number of nitrogens with zero attached hydrogens (tertiary/aromatic N) is 3. The van der Waals surface area contributed by atoms with E-state index in [9.17, 15) is 13.2 Å². The number of sulfonamides is 1. The molecule has 2 rings (SSSR count). The van der Waals surface area contributed by atoms with Crippen molar-refractivity contribution in [1.82, 2.24) is 19.5 Å². The van der Waals surface area contributed by atoms with Crippen molar-refractivity contribution >= 4 is 15.9 Å². The third kappa shape index (κ3) is 4.27. The Labute approximate surface area is 137 Å². The Balaban J connectivity index is 2.08. The van der Waals surface area contributed by atoms with Crippen LogP contribution in [0, 0.1) is 0 Å². The average Bonchev–Trinajstić information content (AvgIpc) is 3.07. The molecule has 1 N–H and O–H groups in total. The molecule has 128 valence electrons. The molecule has 7 nitrogen and oxygen atoms in total. The second-order valence-corrected chi connectivity index (χ2v) is 7.73. The van der Waals surface area contributed by atoms with E-state index in [0.29, 0.717) is 6.54 Å². The Morgan fingerprint density at radius 2 is 2.26 bits per heavy atom. The minimum Gasteiger partial charge on any atom is -0.337 e. The second-order valence-electron chi connectivity index (χ2n) is 5.68. The Hall–Kier alpha value is -1.51. The van der Waals surface area contributed by atoms with E-state index in [2.05, 4.69) is 10.3 Å². The molecule has 1 aromatic rings. The lowest BCUT2D eigenvalue weighted by atomic mass is 10.2. The molecule has 2 heterocycles. The number of likely N-dealkylation sites (N-methyl/N-ethyl adjacent to an activating group) is 1. The zero-order chi connectivity index (χ0) is 16.9. The summed E-state index contributed by atoms with van der Waals surface area (Å²) in [7, 11) is -2.27. The van der Waals surface area contributed by atoms with Gasteiger partial charge in [0.15, 0.2) is 0 Å². The summed E-state index contributed by atoms with van der Waals surface area (Å²) in [4.78, 5) is 18.3. The van der Waals surface area contributed by atoms with Crippen LogP contribution in [0.4, 0.5) is 0 Å². The molecule has 8 heteroatoms. The summed E-state index contributed by atoms with van der Waals surface area (Å²) < 4.78 is 26.0. The number of aromatic nitrogens is 1. The molecule has 0 radical (unpaired) electrons. The molecule has 1 aliphatic heterocycles. The minimum absolute atomic E-state index is 0.0971. The summed E-state index contributed by atoms with van der Waals surface area (Å²) in [5.41, 5.74) is 0. The van der Waals surface area contributed by atoms with E-state index in [1.807, 2.05) is 6.92 Å². The summed E-state index contributed by atoms with van der Waals surface area (Å²) in [6, 6.07) is 3.20. The van der Waals surface area contributed by atoms with Gasteiger partial charge in [-0.3, -0.25) is 9.78 Å². The maximum absolute atomic E-state index is 12.6. The van der Waals surface area contributed by atoms with Crippen LogP contribution in [0.3, 0.4) is 0 Å². The van der Waals surface area contributed by atoms with E-state index >= 15 is 0 Å². The van der Waals surface area contributed by atoms with E-state index in [1.54, 1.807) is 11.0 Å². The highest BCUT2D eigenvalue weighted by Crippen LogP contribution is 2.14. The van der Waals surface area contributed by atoms with Gasteiger partial charge in [-0.1, -0.05) is 6.92 Å². The van der Waals surface area contributed by atoms with Gasteiger partial charge < -0.3 is 10.2 Å². The zero-order valence-electron chi connectivity index (χ0n) is 13.6. The molecular formula is C15H24N4O3S. The van der Waals surface area contributed by atoms with Gasteiger partial charge in [-0.25, -0.2) is 8.42 Å². The SMILES string of the molecule is CCCN(C(=O)CN(C)S(=O)(=O)c1cccnc1)C1CCNC1. The maximum Gasteiger partial charge on any atom is 0.244 e.